The molecule has 1 aliphatic rings. The molecule has 630 valence electrons. The van der Waals surface area contributed by atoms with Crippen molar-refractivity contribution >= 4 is 117 Å². The molecule has 1 fully saturated rings. The number of benzene rings is 2. The third kappa shape index (κ3) is 38.5. The summed E-state index contributed by atoms with van der Waals surface area (Å²) < 4.78 is 0. The Morgan fingerprint density at radius 1 is 0.637 bits per heavy atom. The lowest BCUT2D eigenvalue weighted by Gasteiger charge is -2.31. The lowest BCUT2D eigenvalue weighted by molar-refractivity contribution is -0.142. The summed E-state index contributed by atoms with van der Waals surface area (Å²) >= 11 is 4.37. The van der Waals surface area contributed by atoms with Gasteiger partial charge in [-0.3, -0.25) is 72.0 Å². The molecule has 4 rings (SSSR count). The fourth-order valence-corrected chi connectivity index (χ4v) is 14.3. The number of H-pyrrole nitrogens is 1. The number of unbranched alkanes of at least 4 members (excludes halogenated alkanes) is 4. The number of thiol groups is 1. The molecule has 0 aliphatic carbocycles. The second kappa shape index (κ2) is 54.4. The molecule has 3 unspecified atom stereocenters. The number of rotatable bonds is 54. The first kappa shape index (κ1) is 98.8. The molecule has 0 bridgehead atoms. The highest BCUT2D eigenvalue weighted by Gasteiger charge is 2.42. The van der Waals surface area contributed by atoms with Crippen molar-refractivity contribution in [2.75, 3.05) is 57.5 Å². The number of nitrogens with one attached hydrogen (secondary N) is 10. The van der Waals surface area contributed by atoms with E-state index in [-0.39, 0.29) is 80.9 Å². The highest BCUT2D eigenvalue weighted by atomic mass is 33.1. The Morgan fingerprint density at radius 3 is 1.78 bits per heavy atom. The van der Waals surface area contributed by atoms with Crippen molar-refractivity contribution in [3.8, 4) is 0 Å². The number of carboxylic acids is 1. The molecule has 11 amide bonds. The van der Waals surface area contributed by atoms with Gasteiger partial charge in [-0.05, 0) is 107 Å². The Labute approximate surface area is 678 Å². The van der Waals surface area contributed by atoms with Crippen LogP contribution in [-0.2, 0) is 86.4 Å². The highest BCUT2D eigenvalue weighted by Crippen LogP contribution is 2.26. The van der Waals surface area contributed by atoms with Crippen LogP contribution in [0.3, 0.4) is 0 Å². The van der Waals surface area contributed by atoms with Gasteiger partial charge in [-0.2, -0.15) is 12.6 Å². The number of nitrogens with two attached hydrogens (primary N) is 2. The van der Waals surface area contributed by atoms with Gasteiger partial charge in [-0.1, -0.05) is 156 Å². The number of nitrogens with zero attached hydrogens (tertiary/aromatic N) is 3. The summed E-state index contributed by atoms with van der Waals surface area (Å²) in [7, 11) is 5.27. The number of primary amides is 1. The summed E-state index contributed by atoms with van der Waals surface area (Å²) in [6, 6.07) is 5.25. The van der Waals surface area contributed by atoms with Crippen molar-refractivity contribution in [1.82, 2.24) is 67.6 Å². The number of aliphatic hydroxyl groups excluding tert-OH is 1. The largest absolute Gasteiger partial charge is 0.481 e. The number of aliphatic hydroxyl groups is 1. The van der Waals surface area contributed by atoms with Crippen LogP contribution in [0.4, 0.5) is 0 Å². The van der Waals surface area contributed by atoms with Gasteiger partial charge in [0.1, 0.15) is 65.9 Å². The molecule has 2 aromatic carbocycles. The first-order valence-electron chi connectivity index (χ1n) is 39.2. The Balaban J connectivity index is 0.000000958. The van der Waals surface area contributed by atoms with Crippen molar-refractivity contribution in [2.45, 2.75) is 238 Å². The van der Waals surface area contributed by atoms with Crippen molar-refractivity contribution in [2.24, 2.45) is 35.1 Å². The highest BCUT2D eigenvalue weighted by molar-refractivity contribution is 8.76. The predicted molar refractivity (Wildman–Crippen MR) is 439 cm³/mol. The third-order valence-corrected chi connectivity index (χ3v) is 21.1. The van der Waals surface area contributed by atoms with E-state index in [0.29, 0.717) is 81.1 Å². The van der Waals surface area contributed by atoms with E-state index in [2.05, 4.69) is 91.2 Å². The van der Waals surface area contributed by atoms with Gasteiger partial charge in [0, 0.05) is 80.9 Å². The molecule has 2 heterocycles. The van der Waals surface area contributed by atoms with Gasteiger partial charge in [-0.15, -0.1) is 0 Å². The van der Waals surface area contributed by atoms with Crippen LogP contribution >= 0.6 is 34.2 Å². The zero-order valence-corrected chi connectivity index (χ0v) is 69.8. The number of carbonyl (C=O) groups excluding carboxylic acids is 13. The number of likely N-dealkylation sites (N-methyl/N-ethyl adjacent to an activating group) is 1. The number of aromatic amines is 1. The van der Waals surface area contributed by atoms with E-state index in [1.807, 2.05) is 13.3 Å². The molecule has 1 aliphatic heterocycles. The van der Waals surface area contributed by atoms with E-state index in [1.54, 1.807) is 115 Å². The summed E-state index contributed by atoms with van der Waals surface area (Å²) in [5.74, 6) is -8.48. The predicted octanol–water partition coefficient (Wildman–Crippen LogP) is 3.40. The molecule has 34 heteroatoms. The topological polar surface area (TPSA) is 475 Å². The average molecular weight is 1640 g/mol. The van der Waals surface area contributed by atoms with Gasteiger partial charge in [0.2, 0.25) is 65.0 Å². The number of hydrogen-bond donors (Lipinski definition) is 15. The maximum absolute atomic E-state index is 14.8. The van der Waals surface area contributed by atoms with Crippen LogP contribution in [0.25, 0.3) is 0 Å². The van der Waals surface area contributed by atoms with Crippen LogP contribution in [0.1, 0.15) is 175 Å². The molecular formula is C79H125N15O16S3. The summed E-state index contributed by atoms with van der Waals surface area (Å²) in [6.45, 7) is 16.1. The molecule has 16 N–H and O–H groups in total. The van der Waals surface area contributed by atoms with Crippen molar-refractivity contribution in [1.29, 1.82) is 0 Å². The normalized spacial score (nSPS) is 15.5. The molecule has 12 atom stereocenters. The van der Waals surface area contributed by atoms with Gasteiger partial charge in [0.25, 0.3) is 0 Å². The second-order valence-electron chi connectivity index (χ2n) is 29.7. The SMILES string of the molecule is CCCCCC(=O)CN(C)CC(=O)NCCCCC(CSSC)C(=O)CC(C)C.CC[C@H](C)[C@H](NC(=O)C(CS)NC(=O)[C@@H]1CCCN1C(=O)[C@H](Cc1ccccc1)NC(=O)[C@H](Cc1cnc[nH]1)NC(=O)[C@@H](NC(=O)[C@H](CC(=O)O)NC(=O)CC(C)C)[C@@H](C)O)C(=O)NC(CCCCN)C(=O)N[C@@H](Cc1ccccc1)C(N)=O. The van der Waals surface area contributed by atoms with Crippen LogP contribution in [0.15, 0.2) is 73.2 Å². The van der Waals surface area contributed by atoms with Crippen LogP contribution in [-0.4, -0.2) is 231 Å². The van der Waals surface area contributed by atoms with Crippen LogP contribution in [0.2, 0.25) is 0 Å². The Hall–Kier alpha value is -8.44. The number of amides is 11. The summed E-state index contributed by atoms with van der Waals surface area (Å²) in [6.07, 6.45) is 11.1. The minimum Gasteiger partial charge on any atom is -0.481 e. The minimum absolute atomic E-state index is 0.0331. The van der Waals surface area contributed by atoms with Gasteiger partial charge < -0.3 is 79.4 Å². The van der Waals surface area contributed by atoms with E-state index >= 15 is 0 Å². The number of likely N-dealkylation sites (tertiary alicyclic amines) is 1. The molecule has 1 saturated heterocycles. The molecule has 1 aromatic heterocycles. The molecule has 113 heavy (non-hydrogen) atoms. The molecule has 31 nitrogen and oxygen atoms in total. The third-order valence-electron chi connectivity index (χ3n) is 18.8. The van der Waals surface area contributed by atoms with E-state index in [1.165, 1.54) is 24.3 Å². The fourth-order valence-electron chi connectivity index (χ4n) is 12.5. The summed E-state index contributed by atoms with van der Waals surface area (Å²) in [5.41, 5.74) is 13.1. The van der Waals surface area contributed by atoms with Gasteiger partial charge in [-0.25, -0.2) is 4.98 Å². The van der Waals surface area contributed by atoms with Gasteiger partial charge in [0.05, 0.1) is 31.9 Å². The average Bonchev–Trinajstić information content (AvgIpc) is 1.73. The van der Waals surface area contributed by atoms with Crippen LogP contribution in [0, 0.1) is 23.7 Å². The molecule has 0 spiro atoms. The van der Waals surface area contributed by atoms with Gasteiger partial charge >= 0.3 is 5.97 Å². The zero-order chi connectivity index (χ0) is 84.1. The zero-order valence-electron chi connectivity index (χ0n) is 67.3. The summed E-state index contributed by atoms with van der Waals surface area (Å²) in [5, 5.41) is 44.0. The first-order chi connectivity index (χ1) is 53.7. The lowest BCUT2D eigenvalue weighted by atomic mass is 9.93. The number of aromatic nitrogens is 2. The maximum Gasteiger partial charge on any atom is 0.305 e. The van der Waals surface area contributed by atoms with Crippen molar-refractivity contribution in [3.05, 3.63) is 90.0 Å². The monoisotopic (exact) mass is 1640 g/mol. The number of ketones is 2. The standard InChI is InChI=1S/C57H83N13O13S.C22H42N2O3S2/c1-6-33(4)47(55(81)63-38(20-13-14-22-58)50(76)64-39(49(59)75)25-35-16-9-7-10-17-35)68-53(79)43(30-84)67-54(80)44-21-15-23-70(44)57(83)42(26-36-18-11-8-12-19-36)66-51(77)40(27-37-29-60-31-61-37)65-56(82)48(34(5)71)69-52(78)41(28-46(73)74)62-45(72)24-32(2)3;1-6-7-8-12-20(25)15-24(4)16-22(27)23-13-10-9-11-19(17-29-28-5)21(26)14-18(2)3/h7-12,16-19,29,31-34,38-44,47-48,71,84H,6,13-15,20-28,30,58H2,1-5H3,(H2,59,75)(H,60,61)(H,62,72)(H,63,81)(H,64,76)(H,65,82)(H,66,77)(H,67,80)(H,68,79)(H,69,78)(H,73,74);18-19H,6-17H2,1-5H3,(H,23,27)/t33-,34+,38?,39-,40-,41-,42-,43?,44-,47-,48-;/m0./s1. The maximum atomic E-state index is 14.8. The summed E-state index contributed by atoms with van der Waals surface area (Å²) in [4.78, 5) is 196. The fraction of sp³-hybridized carbons (Fsp3) is 0.633. The first-order valence-corrected chi connectivity index (χ1v) is 42.5. The number of hydrogen-bond acceptors (Lipinski definition) is 21. The number of Topliss-reactive ketones (excluding diaryl/α,β-unsaturated/α-hetero) is 2. The lowest BCUT2D eigenvalue weighted by Crippen LogP contribution is -2.62. The Bertz CT molecular complexity index is 3470. The Morgan fingerprint density at radius 2 is 1.21 bits per heavy atom. The number of aliphatic carboxylic acids is 1. The van der Waals surface area contributed by atoms with Crippen molar-refractivity contribution < 1.29 is 77.3 Å². The second-order valence-corrected chi connectivity index (χ2v) is 32.6. The van der Waals surface area contributed by atoms with Crippen molar-refractivity contribution in [3.63, 3.8) is 0 Å². The Kier molecular flexibility index (Phi) is 47.5. The van der Waals surface area contributed by atoms with Crippen LogP contribution < -0.4 is 59.3 Å². The quantitative estimate of drug-likeness (QED) is 0.0219. The number of imidazole rings is 1. The smallest absolute Gasteiger partial charge is 0.305 e. The van der Waals surface area contributed by atoms with E-state index in [9.17, 15) is 77.3 Å². The number of carbonyl (C=O) groups is 14. The molecule has 3 aromatic rings. The van der Waals surface area contributed by atoms with E-state index < -0.39 is 138 Å². The van der Waals surface area contributed by atoms with E-state index in [0.717, 1.165) is 49.8 Å². The van der Waals surface area contributed by atoms with E-state index in [4.69, 9.17) is 11.5 Å². The molecule has 0 saturated carbocycles. The number of carboxylic acid groups (broad SMARTS) is 1. The minimum atomic E-state index is -1.78. The molecule has 0 radical (unpaired) electrons. The van der Waals surface area contributed by atoms with Crippen LogP contribution in [0.5, 0.6) is 0 Å². The van der Waals surface area contributed by atoms with Gasteiger partial charge in [0.15, 0.2) is 0 Å². The molecular weight excluding hydrogens is 1510 g/mol.